The molecule has 3 heteroatoms. The molecule has 0 radical (unpaired) electrons. The first-order valence-corrected chi connectivity index (χ1v) is 4.72. The van der Waals surface area contributed by atoms with Crippen molar-refractivity contribution in [2.45, 2.75) is 49.8 Å². The normalized spacial score (nSPS) is 56.2. The van der Waals surface area contributed by atoms with E-state index in [1.165, 1.54) is 0 Å². The number of hydrogen-bond donors (Lipinski definition) is 0. The molecule has 4 bridgehead atoms. The molecule has 5 heterocycles. The van der Waals surface area contributed by atoms with Gasteiger partial charge in [-0.25, -0.2) is 0 Å². The Balaban J connectivity index is 1.95. The Morgan fingerprint density at radius 2 is 2.17 bits per heavy atom. The van der Waals surface area contributed by atoms with E-state index >= 15 is 0 Å². The van der Waals surface area contributed by atoms with Gasteiger partial charge in [0.25, 0.3) is 0 Å². The van der Waals surface area contributed by atoms with E-state index in [-0.39, 0.29) is 11.9 Å². The minimum Gasteiger partial charge on any atom is -0.367 e. The topological polar surface area (TPSA) is 27.7 Å². The summed E-state index contributed by atoms with van der Waals surface area (Å²) in [5.74, 6) is -0.377. The fourth-order valence-electron chi connectivity index (χ4n) is 2.76. The Hall–Kier alpha value is -0.120. The zero-order chi connectivity index (χ0) is 8.18. The van der Waals surface area contributed by atoms with Crippen molar-refractivity contribution in [2.24, 2.45) is 0 Å². The second-order valence-electron chi connectivity index (χ2n) is 3.95. The van der Waals surface area contributed by atoms with Gasteiger partial charge in [0.15, 0.2) is 5.79 Å². The summed E-state index contributed by atoms with van der Waals surface area (Å²) >= 11 is 0. The van der Waals surface area contributed by atoms with Gasteiger partial charge in [-0.2, -0.15) is 0 Å². The predicted octanol–water partition coefficient (Wildman–Crippen LogP) is 1.07. The molecule has 5 rings (SSSR count). The highest BCUT2D eigenvalue weighted by Crippen LogP contribution is 2.48. The van der Waals surface area contributed by atoms with Gasteiger partial charge in [0, 0.05) is 13.5 Å². The average Bonchev–Trinajstić information content (AvgIpc) is 2.18. The Morgan fingerprint density at radius 1 is 1.25 bits per heavy atom. The van der Waals surface area contributed by atoms with E-state index in [0.717, 1.165) is 25.7 Å². The number of fused-ring (bicyclic) bond motifs is 2. The van der Waals surface area contributed by atoms with E-state index in [0.29, 0.717) is 12.2 Å². The molecule has 0 amide bonds. The molecule has 5 aliphatic heterocycles. The highest BCUT2D eigenvalue weighted by molar-refractivity contribution is 5.00. The van der Waals surface area contributed by atoms with E-state index in [1.54, 1.807) is 7.11 Å². The van der Waals surface area contributed by atoms with Crippen LogP contribution in [0.1, 0.15) is 25.7 Å². The summed E-state index contributed by atoms with van der Waals surface area (Å²) in [6.07, 6.45) is 5.25. The lowest BCUT2D eigenvalue weighted by Crippen LogP contribution is -2.66. The molecule has 0 spiro atoms. The maximum absolute atomic E-state index is 5.87. The molecule has 3 nitrogen and oxygen atoms in total. The highest BCUT2D eigenvalue weighted by Gasteiger charge is 2.58. The molecule has 0 aromatic heterocycles. The van der Waals surface area contributed by atoms with Crippen molar-refractivity contribution in [1.29, 1.82) is 0 Å². The number of hydrogen-bond acceptors (Lipinski definition) is 3. The second-order valence-corrected chi connectivity index (χ2v) is 3.95. The van der Waals surface area contributed by atoms with E-state index in [9.17, 15) is 0 Å². The Bertz CT molecular complexity index is 206. The van der Waals surface area contributed by atoms with Gasteiger partial charge in [-0.3, -0.25) is 0 Å². The van der Waals surface area contributed by atoms with Crippen LogP contribution in [-0.4, -0.2) is 31.2 Å². The van der Waals surface area contributed by atoms with Gasteiger partial charge >= 0.3 is 0 Å². The molecule has 0 saturated carbocycles. The fraction of sp³-hybridized carbons (Fsp3) is 1.00. The van der Waals surface area contributed by atoms with Crippen LogP contribution in [-0.2, 0) is 14.2 Å². The molecule has 0 aromatic rings. The highest BCUT2D eigenvalue weighted by atomic mass is 16.7. The lowest BCUT2D eigenvalue weighted by molar-refractivity contribution is -0.410. The minimum absolute atomic E-state index is 0.200. The fourth-order valence-corrected chi connectivity index (χ4v) is 2.76. The molecule has 5 saturated heterocycles. The first-order valence-electron chi connectivity index (χ1n) is 4.72. The summed E-state index contributed by atoms with van der Waals surface area (Å²) in [6.45, 7) is 0. The summed E-state index contributed by atoms with van der Waals surface area (Å²) in [6, 6.07) is 0. The van der Waals surface area contributed by atoms with Crippen molar-refractivity contribution in [2.75, 3.05) is 7.11 Å². The van der Waals surface area contributed by atoms with Crippen LogP contribution in [0.2, 0.25) is 0 Å². The molecule has 68 valence electrons. The molecule has 4 unspecified atom stereocenters. The van der Waals surface area contributed by atoms with E-state index in [4.69, 9.17) is 14.2 Å². The number of methoxy groups -OCH3 is 1. The van der Waals surface area contributed by atoms with Crippen molar-refractivity contribution >= 4 is 0 Å². The zero-order valence-corrected chi connectivity index (χ0v) is 7.29. The van der Waals surface area contributed by atoms with Gasteiger partial charge in [-0.05, 0) is 19.3 Å². The first kappa shape index (κ1) is 7.30. The summed E-state index contributed by atoms with van der Waals surface area (Å²) in [5, 5.41) is 0. The molecule has 5 aliphatic rings. The monoisotopic (exact) mass is 170 g/mol. The van der Waals surface area contributed by atoms with Gasteiger partial charge in [0.2, 0.25) is 0 Å². The summed E-state index contributed by atoms with van der Waals surface area (Å²) in [7, 11) is 1.73. The average molecular weight is 170 g/mol. The molecule has 0 N–H and O–H groups in total. The van der Waals surface area contributed by atoms with Crippen molar-refractivity contribution in [1.82, 2.24) is 0 Å². The van der Waals surface area contributed by atoms with E-state index in [2.05, 4.69) is 0 Å². The van der Waals surface area contributed by atoms with Crippen molar-refractivity contribution in [3.63, 3.8) is 0 Å². The van der Waals surface area contributed by atoms with Crippen molar-refractivity contribution in [3.8, 4) is 0 Å². The second kappa shape index (κ2) is 2.22. The van der Waals surface area contributed by atoms with Crippen LogP contribution in [0.15, 0.2) is 0 Å². The van der Waals surface area contributed by atoms with Gasteiger partial charge < -0.3 is 14.2 Å². The molecule has 12 heavy (non-hydrogen) atoms. The van der Waals surface area contributed by atoms with Crippen molar-refractivity contribution < 1.29 is 14.2 Å². The van der Waals surface area contributed by atoms with Gasteiger partial charge in [-0.1, -0.05) is 0 Å². The molecule has 4 atom stereocenters. The molecule has 5 fully saturated rings. The zero-order valence-electron chi connectivity index (χ0n) is 7.29. The Morgan fingerprint density at radius 3 is 2.75 bits per heavy atom. The first-order chi connectivity index (χ1) is 5.84. The maximum Gasteiger partial charge on any atom is 0.194 e. The SMILES string of the molecule is COC12CCC3OC1CCC3O2. The third-order valence-corrected chi connectivity index (χ3v) is 3.43. The Kier molecular flexibility index (Phi) is 1.35. The van der Waals surface area contributed by atoms with E-state index in [1.807, 2.05) is 0 Å². The van der Waals surface area contributed by atoms with E-state index < -0.39 is 0 Å². The molecular formula is C9H14O3. The lowest BCUT2D eigenvalue weighted by Gasteiger charge is -2.57. The molecule has 0 aromatic carbocycles. The number of ether oxygens (including phenoxy) is 3. The molecule has 0 aliphatic carbocycles. The maximum atomic E-state index is 5.87. The predicted molar refractivity (Wildman–Crippen MR) is 41.7 cm³/mol. The smallest absolute Gasteiger partial charge is 0.194 e. The van der Waals surface area contributed by atoms with Gasteiger partial charge in [-0.15, -0.1) is 0 Å². The molecular weight excluding hydrogens is 156 g/mol. The van der Waals surface area contributed by atoms with Crippen LogP contribution in [0.25, 0.3) is 0 Å². The summed E-state index contributed by atoms with van der Waals surface area (Å²) < 4.78 is 17.2. The van der Waals surface area contributed by atoms with Crippen LogP contribution in [0.3, 0.4) is 0 Å². The van der Waals surface area contributed by atoms with Crippen molar-refractivity contribution in [3.05, 3.63) is 0 Å². The largest absolute Gasteiger partial charge is 0.367 e. The van der Waals surface area contributed by atoms with Gasteiger partial charge in [0.05, 0.1) is 12.2 Å². The quantitative estimate of drug-likeness (QED) is 0.589. The third-order valence-electron chi connectivity index (χ3n) is 3.43. The number of rotatable bonds is 1. The van der Waals surface area contributed by atoms with Crippen LogP contribution >= 0.6 is 0 Å². The van der Waals surface area contributed by atoms with Crippen LogP contribution in [0.4, 0.5) is 0 Å². The lowest BCUT2D eigenvalue weighted by atomic mass is 9.81. The minimum atomic E-state index is -0.377. The van der Waals surface area contributed by atoms with Gasteiger partial charge in [0.1, 0.15) is 6.10 Å². The van der Waals surface area contributed by atoms with Crippen LogP contribution < -0.4 is 0 Å². The standard InChI is InChI=1S/C9H14O3/c1-10-9-5-4-6-7(12-9)2-3-8(9)11-6/h6-8H,2-5H2,1H3. The Labute approximate surface area is 72.0 Å². The summed E-state index contributed by atoms with van der Waals surface area (Å²) in [4.78, 5) is 0. The third kappa shape index (κ3) is 0.721. The summed E-state index contributed by atoms with van der Waals surface area (Å²) in [5.41, 5.74) is 0. The van der Waals surface area contributed by atoms with Crippen LogP contribution in [0, 0.1) is 0 Å². The van der Waals surface area contributed by atoms with Crippen LogP contribution in [0.5, 0.6) is 0 Å².